The van der Waals surface area contributed by atoms with Crippen molar-refractivity contribution in [3.05, 3.63) is 0 Å². The normalized spacial score (nSPS) is 30.1. The molecule has 1 saturated heterocycles. The zero-order valence-corrected chi connectivity index (χ0v) is 9.28. The van der Waals surface area contributed by atoms with Gasteiger partial charge in [-0.15, -0.1) is 0 Å². The first-order valence-corrected chi connectivity index (χ1v) is 6.35. The van der Waals surface area contributed by atoms with Crippen molar-refractivity contribution in [3.63, 3.8) is 0 Å². The number of rotatable bonds is 3. The highest BCUT2D eigenvalue weighted by Gasteiger charge is 2.37. The van der Waals surface area contributed by atoms with Crippen LogP contribution in [0.2, 0.25) is 0 Å². The number of hydrogen-bond donors (Lipinski definition) is 2. The third-order valence-corrected chi connectivity index (χ3v) is 4.36. The van der Waals surface area contributed by atoms with Crippen LogP contribution >= 0.6 is 0 Å². The first-order chi connectivity index (χ1) is 6.37. The van der Waals surface area contributed by atoms with Crippen LogP contribution in [0.4, 0.5) is 0 Å². The number of likely N-dealkylation sites (N-methyl/N-ethyl adjacent to an activating group) is 1. The van der Waals surface area contributed by atoms with Gasteiger partial charge in [-0.1, -0.05) is 0 Å². The summed E-state index contributed by atoms with van der Waals surface area (Å²) in [7, 11) is -1.35. The van der Waals surface area contributed by atoms with Crippen molar-refractivity contribution in [2.24, 2.45) is 0 Å². The van der Waals surface area contributed by atoms with Gasteiger partial charge < -0.3 is 10.6 Å². The maximum absolute atomic E-state index is 11.2. The van der Waals surface area contributed by atoms with Crippen molar-refractivity contribution < 1.29 is 13.2 Å². The summed E-state index contributed by atoms with van der Waals surface area (Å²) in [6, 6.07) is 0. The molecule has 82 valence electrons. The molecule has 1 atom stereocenters. The summed E-state index contributed by atoms with van der Waals surface area (Å²) in [5.41, 5.74) is -0.439. The summed E-state index contributed by atoms with van der Waals surface area (Å²) >= 11 is 0. The molecule has 1 rings (SSSR count). The van der Waals surface area contributed by atoms with E-state index in [9.17, 15) is 13.2 Å². The number of amides is 1. The van der Waals surface area contributed by atoms with Gasteiger partial charge in [-0.25, -0.2) is 8.42 Å². The van der Waals surface area contributed by atoms with E-state index < -0.39 is 15.4 Å². The summed E-state index contributed by atoms with van der Waals surface area (Å²) in [6.45, 7) is 2.00. The molecule has 0 aromatic carbocycles. The average Bonchev–Trinajstić information content (AvgIpc) is 2.37. The minimum absolute atomic E-state index is 0.122. The first kappa shape index (κ1) is 11.5. The highest BCUT2D eigenvalue weighted by Crippen LogP contribution is 2.22. The Bertz CT molecular complexity index is 325. The van der Waals surface area contributed by atoms with Gasteiger partial charge in [0.2, 0.25) is 5.91 Å². The van der Waals surface area contributed by atoms with E-state index in [4.69, 9.17) is 0 Å². The van der Waals surface area contributed by atoms with Crippen molar-refractivity contribution in [1.29, 1.82) is 0 Å². The van der Waals surface area contributed by atoms with Crippen molar-refractivity contribution in [2.75, 3.05) is 25.1 Å². The van der Waals surface area contributed by atoms with Gasteiger partial charge >= 0.3 is 0 Å². The number of sulfone groups is 1. The summed E-state index contributed by atoms with van der Waals surface area (Å²) in [5.74, 6) is 0.205. The van der Waals surface area contributed by atoms with Gasteiger partial charge in [0.1, 0.15) is 0 Å². The Hall–Kier alpha value is -0.620. The maximum Gasteiger partial charge on any atom is 0.233 e. The molecule has 1 fully saturated rings. The van der Waals surface area contributed by atoms with Crippen LogP contribution in [-0.4, -0.2) is 45.0 Å². The third-order valence-electron chi connectivity index (χ3n) is 2.46. The van der Waals surface area contributed by atoms with E-state index in [0.29, 0.717) is 6.42 Å². The van der Waals surface area contributed by atoms with Gasteiger partial charge in [0.05, 0.1) is 18.1 Å². The summed E-state index contributed by atoms with van der Waals surface area (Å²) in [5, 5.41) is 5.45. The molecule has 0 spiro atoms. The lowest BCUT2D eigenvalue weighted by Crippen LogP contribution is -2.47. The molecule has 0 saturated carbocycles. The van der Waals surface area contributed by atoms with Crippen LogP contribution in [0.5, 0.6) is 0 Å². The van der Waals surface area contributed by atoms with Crippen LogP contribution in [0, 0.1) is 0 Å². The topological polar surface area (TPSA) is 75.3 Å². The van der Waals surface area contributed by atoms with Crippen LogP contribution < -0.4 is 10.6 Å². The van der Waals surface area contributed by atoms with E-state index in [2.05, 4.69) is 10.6 Å². The lowest BCUT2D eigenvalue weighted by molar-refractivity contribution is -0.120. The van der Waals surface area contributed by atoms with Crippen molar-refractivity contribution in [2.45, 2.75) is 18.9 Å². The van der Waals surface area contributed by atoms with E-state index in [-0.39, 0.29) is 24.0 Å². The number of carbonyl (C=O) groups excluding carboxylic acids is 1. The van der Waals surface area contributed by atoms with Crippen molar-refractivity contribution >= 4 is 15.7 Å². The molecule has 0 bridgehead atoms. The minimum atomic E-state index is -2.90. The van der Waals surface area contributed by atoms with Crippen molar-refractivity contribution in [3.8, 4) is 0 Å². The third kappa shape index (κ3) is 2.95. The van der Waals surface area contributed by atoms with Gasteiger partial charge in [0, 0.05) is 12.6 Å². The average molecular weight is 220 g/mol. The van der Waals surface area contributed by atoms with Crippen LogP contribution in [-0.2, 0) is 14.6 Å². The number of nitrogens with one attached hydrogen (secondary N) is 2. The predicted octanol–water partition coefficient (Wildman–Crippen LogP) is -1.10. The molecule has 5 nitrogen and oxygen atoms in total. The van der Waals surface area contributed by atoms with E-state index in [1.165, 1.54) is 0 Å². The molecule has 0 aromatic heterocycles. The Kier molecular flexibility index (Phi) is 3.16. The molecule has 0 radical (unpaired) electrons. The van der Waals surface area contributed by atoms with Crippen LogP contribution in [0.15, 0.2) is 0 Å². The molecule has 2 N–H and O–H groups in total. The summed E-state index contributed by atoms with van der Waals surface area (Å²) in [6.07, 6.45) is 0.576. The van der Waals surface area contributed by atoms with Gasteiger partial charge in [-0.05, 0) is 13.3 Å². The SMILES string of the molecule is CNC(=O)CNC1(C)CCS(=O)(=O)C1. The lowest BCUT2D eigenvalue weighted by atomic mass is 10.0. The molecule has 0 aromatic rings. The second-order valence-electron chi connectivity index (χ2n) is 3.93. The van der Waals surface area contributed by atoms with E-state index in [1.807, 2.05) is 6.92 Å². The molecule has 6 heteroatoms. The molecular weight excluding hydrogens is 204 g/mol. The van der Waals surface area contributed by atoms with Gasteiger partial charge in [0.25, 0.3) is 0 Å². The zero-order chi connectivity index (χ0) is 10.8. The highest BCUT2D eigenvalue weighted by atomic mass is 32.2. The van der Waals surface area contributed by atoms with Crippen molar-refractivity contribution in [1.82, 2.24) is 10.6 Å². The minimum Gasteiger partial charge on any atom is -0.358 e. The summed E-state index contributed by atoms with van der Waals surface area (Å²) in [4.78, 5) is 10.9. The fraction of sp³-hybridized carbons (Fsp3) is 0.875. The fourth-order valence-corrected chi connectivity index (χ4v) is 3.65. The Morgan fingerprint density at radius 2 is 2.14 bits per heavy atom. The molecule has 1 heterocycles. The van der Waals surface area contributed by atoms with E-state index in [1.54, 1.807) is 7.05 Å². The smallest absolute Gasteiger partial charge is 0.233 e. The first-order valence-electron chi connectivity index (χ1n) is 4.53. The quantitative estimate of drug-likeness (QED) is 0.633. The fourth-order valence-electron chi connectivity index (χ4n) is 1.53. The molecular formula is C8H16N2O3S. The zero-order valence-electron chi connectivity index (χ0n) is 8.46. The maximum atomic E-state index is 11.2. The molecule has 0 aliphatic carbocycles. The highest BCUT2D eigenvalue weighted by molar-refractivity contribution is 7.91. The van der Waals surface area contributed by atoms with Crippen LogP contribution in [0.25, 0.3) is 0 Å². The Morgan fingerprint density at radius 3 is 2.57 bits per heavy atom. The lowest BCUT2D eigenvalue weighted by Gasteiger charge is -2.23. The summed E-state index contributed by atoms with van der Waals surface area (Å²) < 4.78 is 22.4. The number of carbonyl (C=O) groups is 1. The standard InChI is InChI=1S/C8H16N2O3S/c1-8(10-5-7(11)9-2)3-4-14(12,13)6-8/h10H,3-6H2,1-2H3,(H,9,11). The van der Waals surface area contributed by atoms with Gasteiger partial charge in [0.15, 0.2) is 9.84 Å². The van der Waals surface area contributed by atoms with E-state index in [0.717, 1.165) is 0 Å². The second kappa shape index (κ2) is 3.86. The second-order valence-corrected chi connectivity index (χ2v) is 6.11. The molecule has 1 unspecified atom stereocenters. The Balaban J connectivity index is 2.49. The molecule has 1 aliphatic rings. The molecule has 1 amide bonds. The predicted molar refractivity (Wildman–Crippen MR) is 53.7 cm³/mol. The van der Waals surface area contributed by atoms with Gasteiger partial charge in [-0.3, -0.25) is 4.79 Å². The molecule has 1 aliphatic heterocycles. The Labute approximate surface area is 84.2 Å². The molecule has 14 heavy (non-hydrogen) atoms. The van der Waals surface area contributed by atoms with Crippen LogP contribution in [0.3, 0.4) is 0 Å². The van der Waals surface area contributed by atoms with E-state index >= 15 is 0 Å². The largest absolute Gasteiger partial charge is 0.358 e. The van der Waals surface area contributed by atoms with Crippen LogP contribution in [0.1, 0.15) is 13.3 Å². The Morgan fingerprint density at radius 1 is 1.50 bits per heavy atom. The number of hydrogen-bond acceptors (Lipinski definition) is 4. The monoisotopic (exact) mass is 220 g/mol. The van der Waals surface area contributed by atoms with Gasteiger partial charge in [-0.2, -0.15) is 0 Å².